The van der Waals surface area contributed by atoms with Gasteiger partial charge in [-0.25, -0.2) is 13.6 Å². The summed E-state index contributed by atoms with van der Waals surface area (Å²) in [5.74, 6) is -2.38. The van der Waals surface area contributed by atoms with E-state index in [2.05, 4.69) is 0 Å². The van der Waals surface area contributed by atoms with Crippen molar-refractivity contribution in [2.45, 2.75) is 25.3 Å². The van der Waals surface area contributed by atoms with Crippen LogP contribution in [0.1, 0.15) is 35.2 Å². The van der Waals surface area contributed by atoms with Gasteiger partial charge in [-0.1, -0.05) is 0 Å². The molecule has 109 valence electrons. The minimum Gasteiger partial charge on any atom is -0.480 e. The molecule has 1 aromatic rings. The van der Waals surface area contributed by atoms with Gasteiger partial charge < -0.3 is 10.0 Å². The number of amides is 1. The van der Waals surface area contributed by atoms with Gasteiger partial charge in [0.05, 0.1) is 5.56 Å². The van der Waals surface area contributed by atoms with Crippen molar-refractivity contribution in [3.63, 3.8) is 0 Å². The maximum atomic E-state index is 13.6. The lowest BCUT2D eigenvalue weighted by atomic mass is 10.0. The lowest BCUT2D eigenvalue weighted by Crippen LogP contribution is -2.48. The van der Waals surface area contributed by atoms with Crippen LogP contribution in [-0.4, -0.2) is 34.5 Å². The molecule has 21 heavy (non-hydrogen) atoms. The number of hydrogen-bond acceptors (Lipinski definition) is 2. The first kappa shape index (κ1) is 15.0. The molecule has 1 unspecified atom stereocenters. The Morgan fingerprint density at radius 2 is 1.90 bits per heavy atom. The summed E-state index contributed by atoms with van der Waals surface area (Å²) in [5, 5.41) is 9.12. The number of piperidine rings is 1. The number of nitrogens with zero attached hydrogens (tertiary/aromatic N) is 1. The zero-order valence-electron chi connectivity index (χ0n) is 11.0. The van der Waals surface area contributed by atoms with Gasteiger partial charge in [0, 0.05) is 12.1 Å². The highest BCUT2D eigenvalue weighted by Crippen LogP contribution is 2.22. The molecule has 0 aromatic heterocycles. The lowest BCUT2D eigenvalue weighted by Gasteiger charge is -2.33. The van der Waals surface area contributed by atoms with Crippen LogP contribution in [0.15, 0.2) is 12.1 Å². The number of likely N-dealkylation sites (tertiary alicyclic amines) is 1. The van der Waals surface area contributed by atoms with Crippen molar-refractivity contribution in [2.24, 2.45) is 0 Å². The third-order valence-corrected chi connectivity index (χ3v) is 3.46. The average Bonchev–Trinajstić information content (AvgIpc) is 2.46. The number of aliphatic carboxylic acids is 1. The van der Waals surface area contributed by atoms with Crippen LogP contribution in [-0.2, 0) is 4.79 Å². The highest BCUT2D eigenvalue weighted by atomic mass is 19.1. The monoisotopic (exact) mass is 292 g/mol. The molecule has 1 aromatic carbocycles. The van der Waals surface area contributed by atoms with Gasteiger partial charge in [0.1, 0.15) is 17.7 Å². The molecule has 1 N–H and O–H groups in total. The van der Waals surface area contributed by atoms with Crippen molar-refractivity contribution >= 4 is 11.9 Å². The van der Waals surface area contributed by atoms with Crippen LogP contribution in [0.25, 0.3) is 0 Å². The maximum Gasteiger partial charge on any atom is 0.326 e. The maximum absolute atomic E-state index is 13.6. The number of halogens is 2. The molecule has 0 bridgehead atoms. The van der Waals surface area contributed by atoms with Gasteiger partial charge >= 0.3 is 5.97 Å². The van der Waals surface area contributed by atoms with Crippen LogP contribution in [0.5, 0.6) is 0 Å². The van der Waals surface area contributed by atoms with Gasteiger partial charge in [0.2, 0.25) is 0 Å². The van der Waals surface area contributed by atoms with E-state index in [-0.39, 0.29) is 12.1 Å². The number of rotatable bonds is 2. The zero-order chi connectivity index (χ0) is 15.6. The molecule has 4 nitrogen and oxygen atoms in total. The van der Waals surface area contributed by atoms with Crippen LogP contribution < -0.4 is 0 Å². The summed E-state index contributed by atoms with van der Waals surface area (Å²) < 4.78 is 27.2. The molecule has 2 rings (SSSR count). The number of hydrogen-bond donors (Lipinski definition) is 1. The van der Waals surface area contributed by atoms with Crippen molar-refractivity contribution in [3.8, 4) is 5.92 Å². The SMILES string of the molecule is [C]#Cc1c(F)cc(C(=O)N2CCCCC2C(=O)O)cc1F. The predicted molar refractivity (Wildman–Crippen MR) is 68.9 cm³/mol. The fourth-order valence-corrected chi connectivity index (χ4v) is 2.41. The molecule has 1 aliphatic rings. The van der Waals surface area contributed by atoms with Gasteiger partial charge in [-0.15, -0.1) is 0 Å². The first-order valence-corrected chi connectivity index (χ1v) is 6.41. The Morgan fingerprint density at radius 3 is 2.43 bits per heavy atom. The van der Waals surface area contributed by atoms with Crippen molar-refractivity contribution in [1.82, 2.24) is 4.90 Å². The zero-order valence-corrected chi connectivity index (χ0v) is 11.0. The van der Waals surface area contributed by atoms with Crippen LogP contribution in [0.4, 0.5) is 8.78 Å². The second kappa shape index (κ2) is 5.92. The molecule has 1 aliphatic heterocycles. The number of benzene rings is 1. The standard InChI is InChI=1S/C15H12F2NO3/c1-2-10-11(16)7-9(8-12(10)17)14(19)18-6-4-3-5-13(18)15(20)21/h7-8,13H,3-6H2,(H,20,21). The molecule has 1 fully saturated rings. The van der Waals surface area contributed by atoms with Gasteiger partial charge in [-0.2, -0.15) is 0 Å². The van der Waals surface area contributed by atoms with E-state index in [1.54, 1.807) is 5.92 Å². The molecule has 1 radical (unpaired) electrons. The van der Waals surface area contributed by atoms with E-state index in [0.29, 0.717) is 19.3 Å². The van der Waals surface area contributed by atoms with Crippen LogP contribution >= 0.6 is 0 Å². The van der Waals surface area contributed by atoms with Crippen LogP contribution in [0, 0.1) is 24.0 Å². The Labute approximate surface area is 120 Å². The molecule has 0 spiro atoms. The molecule has 1 atom stereocenters. The Balaban J connectivity index is 2.35. The molecular formula is C15H12F2NO3. The minimum absolute atomic E-state index is 0.234. The van der Waals surface area contributed by atoms with Gasteiger partial charge in [-0.3, -0.25) is 4.79 Å². The molecule has 0 aliphatic carbocycles. The normalized spacial score (nSPS) is 18.1. The highest BCUT2D eigenvalue weighted by molar-refractivity contribution is 5.96. The molecule has 0 saturated carbocycles. The van der Waals surface area contributed by atoms with Crippen molar-refractivity contribution in [1.29, 1.82) is 0 Å². The third-order valence-electron chi connectivity index (χ3n) is 3.46. The van der Waals surface area contributed by atoms with E-state index < -0.39 is 35.1 Å². The third kappa shape index (κ3) is 2.87. The molecule has 6 heteroatoms. The smallest absolute Gasteiger partial charge is 0.326 e. The summed E-state index contributed by atoms with van der Waals surface area (Å²) in [6, 6.07) is 0.623. The van der Waals surface area contributed by atoms with Crippen LogP contribution in [0.2, 0.25) is 0 Å². The van der Waals surface area contributed by atoms with E-state index in [0.717, 1.165) is 17.0 Å². The van der Waals surface area contributed by atoms with Gasteiger partial charge in [-0.05, 0) is 43.7 Å². The Hall–Kier alpha value is -2.42. The van der Waals surface area contributed by atoms with E-state index in [4.69, 9.17) is 11.5 Å². The minimum atomic E-state index is -1.13. The summed E-state index contributed by atoms with van der Waals surface area (Å²) in [6.45, 7) is 0.234. The van der Waals surface area contributed by atoms with Gasteiger partial charge in [0.15, 0.2) is 0 Å². The summed E-state index contributed by atoms with van der Waals surface area (Å²) in [5.41, 5.74) is -0.919. The summed E-state index contributed by atoms with van der Waals surface area (Å²) in [7, 11) is 0. The number of carboxylic acid groups (broad SMARTS) is 1. The van der Waals surface area contributed by atoms with E-state index in [1.807, 2.05) is 0 Å². The highest BCUT2D eigenvalue weighted by Gasteiger charge is 2.33. The Kier molecular flexibility index (Phi) is 4.22. The number of carboxylic acids is 1. The van der Waals surface area contributed by atoms with Gasteiger partial charge in [0.25, 0.3) is 5.91 Å². The van der Waals surface area contributed by atoms with E-state index in [1.165, 1.54) is 0 Å². The second-order valence-electron chi connectivity index (χ2n) is 4.79. The number of carbonyl (C=O) groups is 2. The average molecular weight is 292 g/mol. The molecular weight excluding hydrogens is 280 g/mol. The predicted octanol–water partition coefficient (Wildman–Crippen LogP) is 1.98. The quantitative estimate of drug-likeness (QED) is 0.848. The van der Waals surface area contributed by atoms with E-state index in [9.17, 15) is 18.4 Å². The Bertz CT molecular complexity index is 613. The van der Waals surface area contributed by atoms with Crippen molar-refractivity contribution in [3.05, 3.63) is 41.3 Å². The largest absolute Gasteiger partial charge is 0.480 e. The molecule has 1 heterocycles. The Morgan fingerprint density at radius 1 is 1.29 bits per heavy atom. The summed E-state index contributed by atoms with van der Waals surface area (Å²) in [6.07, 6.45) is 8.43. The van der Waals surface area contributed by atoms with Crippen molar-refractivity contribution < 1.29 is 23.5 Å². The first-order chi connectivity index (χ1) is 9.95. The fraction of sp³-hybridized carbons (Fsp3) is 0.333. The summed E-state index contributed by atoms with van der Waals surface area (Å²) in [4.78, 5) is 24.6. The topological polar surface area (TPSA) is 57.6 Å². The lowest BCUT2D eigenvalue weighted by molar-refractivity contribution is -0.143. The van der Waals surface area contributed by atoms with Crippen molar-refractivity contribution in [2.75, 3.05) is 6.54 Å². The number of carbonyl (C=O) groups excluding carboxylic acids is 1. The fourth-order valence-electron chi connectivity index (χ4n) is 2.41. The summed E-state index contributed by atoms with van der Waals surface area (Å²) >= 11 is 0. The molecule has 1 amide bonds. The van der Waals surface area contributed by atoms with Crippen LogP contribution in [0.3, 0.4) is 0 Å². The first-order valence-electron chi connectivity index (χ1n) is 6.41. The molecule has 1 saturated heterocycles. The van der Waals surface area contributed by atoms with E-state index >= 15 is 0 Å². The second-order valence-corrected chi connectivity index (χ2v) is 4.79.